The van der Waals surface area contributed by atoms with Crippen LogP contribution in [0.25, 0.3) is 0 Å². The maximum Gasteiger partial charge on any atom is 0.339 e. The molecule has 2 aromatic carbocycles. The quantitative estimate of drug-likeness (QED) is 0.328. The first-order valence-electron chi connectivity index (χ1n) is 8.88. The summed E-state index contributed by atoms with van der Waals surface area (Å²) in [5, 5.41) is 0. The summed E-state index contributed by atoms with van der Waals surface area (Å²) in [6, 6.07) is 9.00. The van der Waals surface area contributed by atoms with Crippen molar-refractivity contribution in [2.24, 2.45) is 0 Å². The van der Waals surface area contributed by atoms with Crippen LogP contribution in [0.5, 0.6) is 0 Å². The Morgan fingerprint density at radius 1 is 1.14 bits per heavy atom. The average molecular weight is 486 g/mol. The van der Waals surface area contributed by atoms with E-state index in [1.54, 1.807) is 13.8 Å². The van der Waals surface area contributed by atoms with Crippen LogP contribution in [0.3, 0.4) is 0 Å². The minimum atomic E-state index is -3.75. The maximum atomic E-state index is 12.9. The molecule has 0 aliphatic rings. The number of esters is 1. The second-order valence-corrected chi connectivity index (χ2v) is 9.16. The van der Waals surface area contributed by atoms with Crippen LogP contribution in [0, 0.1) is 5.82 Å². The van der Waals surface area contributed by atoms with Crippen molar-refractivity contribution in [1.29, 1.82) is 0 Å². The van der Waals surface area contributed by atoms with Gasteiger partial charge in [0.15, 0.2) is 5.78 Å². The van der Waals surface area contributed by atoms with Crippen LogP contribution >= 0.6 is 15.9 Å². The third-order valence-corrected chi connectivity index (χ3v) is 6.15. The molecule has 0 unspecified atom stereocenters. The predicted octanol–water partition coefficient (Wildman–Crippen LogP) is 4.09. The highest BCUT2D eigenvalue weighted by molar-refractivity contribution is 9.10. The molecule has 0 aliphatic carbocycles. The lowest BCUT2D eigenvalue weighted by Gasteiger charge is -2.12. The van der Waals surface area contributed by atoms with E-state index in [-0.39, 0.29) is 41.7 Å². The molecule has 2 aromatic rings. The van der Waals surface area contributed by atoms with Crippen molar-refractivity contribution in [3.05, 3.63) is 63.9 Å². The molecule has 0 atom stereocenters. The van der Waals surface area contributed by atoms with Gasteiger partial charge in [-0.25, -0.2) is 22.3 Å². The van der Waals surface area contributed by atoms with Crippen molar-refractivity contribution in [2.45, 2.75) is 37.6 Å². The zero-order valence-electron chi connectivity index (χ0n) is 15.9. The standard InChI is InChI=1S/C20H21BrFNO5S/c1-13(2)23-29(26,27)16-9-10-18(21)17(12-16)20(25)28-11-3-4-19(24)14-5-7-15(22)8-6-14/h5-10,12-13,23H,3-4,11H2,1-2H3. The number of benzene rings is 2. The van der Waals surface area contributed by atoms with E-state index in [4.69, 9.17) is 4.74 Å². The zero-order chi connectivity index (χ0) is 21.6. The Kier molecular flexibility index (Phi) is 8.06. The minimum Gasteiger partial charge on any atom is -0.462 e. The van der Waals surface area contributed by atoms with Gasteiger partial charge in [0.2, 0.25) is 10.0 Å². The number of sulfonamides is 1. The predicted molar refractivity (Wildman–Crippen MR) is 110 cm³/mol. The highest BCUT2D eigenvalue weighted by atomic mass is 79.9. The topological polar surface area (TPSA) is 89.5 Å². The van der Waals surface area contributed by atoms with Gasteiger partial charge in [-0.05, 0) is 78.7 Å². The summed E-state index contributed by atoms with van der Waals surface area (Å²) in [6.07, 6.45) is 0.416. The maximum absolute atomic E-state index is 12.9. The van der Waals surface area contributed by atoms with Gasteiger partial charge in [-0.15, -0.1) is 0 Å². The lowest BCUT2D eigenvalue weighted by molar-refractivity contribution is 0.0493. The molecule has 9 heteroatoms. The molecule has 29 heavy (non-hydrogen) atoms. The lowest BCUT2D eigenvalue weighted by atomic mass is 10.1. The fraction of sp³-hybridized carbons (Fsp3) is 0.300. The number of ether oxygens (including phenoxy) is 1. The molecule has 0 saturated carbocycles. The van der Waals surface area contributed by atoms with Crippen molar-refractivity contribution in [1.82, 2.24) is 4.72 Å². The van der Waals surface area contributed by atoms with E-state index in [1.165, 1.54) is 42.5 Å². The van der Waals surface area contributed by atoms with Crippen LogP contribution in [-0.2, 0) is 14.8 Å². The van der Waals surface area contributed by atoms with Gasteiger partial charge in [-0.1, -0.05) is 0 Å². The van der Waals surface area contributed by atoms with Gasteiger partial charge in [-0.2, -0.15) is 0 Å². The van der Waals surface area contributed by atoms with E-state index in [0.717, 1.165) is 0 Å². The molecule has 1 N–H and O–H groups in total. The molecule has 0 fully saturated rings. The molecule has 0 radical (unpaired) electrons. The Morgan fingerprint density at radius 2 is 1.79 bits per heavy atom. The second-order valence-electron chi connectivity index (χ2n) is 6.59. The SMILES string of the molecule is CC(C)NS(=O)(=O)c1ccc(Br)c(C(=O)OCCCC(=O)c2ccc(F)cc2)c1. The van der Waals surface area contributed by atoms with E-state index >= 15 is 0 Å². The van der Waals surface area contributed by atoms with Gasteiger partial charge >= 0.3 is 5.97 Å². The molecular formula is C20H21BrFNO5S. The molecule has 0 aromatic heterocycles. The van der Waals surface area contributed by atoms with Crippen molar-refractivity contribution < 1.29 is 27.1 Å². The van der Waals surface area contributed by atoms with E-state index in [9.17, 15) is 22.4 Å². The molecule has 0 aliphatic heterocycles. The van der Waals surface area contributed by atoms with Crippen LogP contribution in [0.15, 0.2) is 51.8 Å². The van der Waals surface area contributed by atoms with E-state index in [1.807, 2.05) is 0 Å². The average Bonchev–Trinajstić information content (AvgIpc) is 2.64. The molecule has 2 rings (SSSR count). The molecular weight excluding hydrogens is 465 g/mol. The number of rotatable bonds is 9. The molecule has 0 saturated heterocycles. The third kappa shape index (κ3) is 6.73. The summed E-state index contributed by atoms with van der Waals surface area (Å²) in [5.74, 6) is -1.31. The highest BCUT2D eigenvalue weighted by Gasteiger charge is 2.20. The molecule has 0 bridgehead atoms. The van der Waals surface area contributed by atoms with Crippen molar-refractivity contribution in [3.8, 4) is 0 Å². The number of carbonyl (C=O) groups is 2. The number of Topliss-reactive ketones (excluding diaryl/α,β-unsaturated/α-hetero) is 1. The third-order valence-electron chi connectivity index (χ3n) is 3.81. The Balaban J connectivity index is 1.96. The number of hydrogen-bond donors (Lipinski definition) is 1. The highest BCUT2D eigenvalue weighted by Crippen LogP contribution is 2.22. The summed E-state index contributed by atoms with van der Waals surface area (Å²) < 4.78 is 45.5. The monoisotopic (exact) mass is 485 g/mol. The van der Waals surface area contributed by atoms with E-state index < -0.39 is 21.8 Å². The summed E-state index contributed by atoms with van der Waals surface area (Å²) in [5.41, 5.74) is 0.456. The van der Waals surface area contributed by atoms with Gasteiger partial charge in [0.1, 0.15) is 5.82 Å². The summed E-state index contributed by atoms with van der Waals surface area (Å²) in [4.78, 5) is 24.3. The smallest absolute Gasteiger partial charge is 0.339 e. The van der Waals surface area contributed by atoms with Gasteiger partial charge in [0.25, 0.3) is 0 Å². The molecule has 6 nitrogen and oxygen atoms in total. The number of carbonyl (C=O) groups excluding carboxylic acids is 2. The number of nitrogens with one attached hydrogen (secondary N) is 1. The number of hydrogen-bond acceptors (Lipinski definition) is 5. The Hall–Kier alpha value is -2.10. The molecule has 156 valence electrons. The van der Waals surface area contributed by atoms with Gasteiger partial charge < -0.3 is 4.74 Å². The number of ketones is 1. The first kappa shape index (κ1) is 23.2. The Labute approximate surface area is 177 Å². The van der Waals surface area contributed by atoms with E-state index in [2.05, 4.69) is 20.7 Å². The first-order valence-corrected chi connectivity index (χ1v) is 11.2. The minimum absolute atomic E-state index is 0.0145. The van der Waals surface area contributed by atoms with Crippen LogP contribution in [0.2, 0.25) is 0 Å². The van der Waals surface area contributed by atoms with Gasteiger partial charge in [0.05, 0.1) is 17.1 Å². The number of halogens is 2. The van der Waals surface area contributed by atoms with Crippen LogP contribution in [-0.4, -0.2) is 32.8 Å². The molecule has 0 spiro atoms. The van der Waals surface area contributed by atoms with Crippen molar-refractivity contribution >= 4 is 37.7 Å². The normalized spacial score (nSPS) is 11.5. The Bertz CT molecular complexity index is 990. The summed E-state index contributed by atoms with van der Waals surface area (Å²) in [7, 11) is -3.75. The van der Waals surface area contributed by atoms with Gasteiger partial charge in [-0.3, -0.25) is 4.79 Å². The Morgan fingerprint density at radius 3 is 2.41 bits per heavy atom. The zero-order valence-corrected chi connectivity index (χ0v) is 18.3. The lowest BCUT2D eigenvalue weighted by Crippen LogP contribution is -2.30. The van der Waals surface area contributed by atoms with Gasteiger partial charge in [0, 0.05) is 22.5 Å². The summed E-state index contributed by atoms with van der Waals surface area (Å²) >= 11 is 3.22. The fourth-order valence-corrected chi connectivity index (χ4v) is 4.15. The van der Waals surface area contributed by atoms with Crippen LogP contribution in [0.4, 0.5) is 4.39 Å². The largest absolute Gasteiger partial charge is 0.462 e. The second kappa shape index (κ2) is 10.1. The fourth-order valence-electron chi connectivity index (χ4n) is 2.46. The van der Waals surface area contributed by atoms with Crippen molar-refractivity contribution in [2.75, 3.05) is 6.61 Å². The van der Waals surface area contributed by atoms with Crippen molar-refractivity contribution in [3.63, 3.8) is 0 Å². The van der Waals surface area contributed by atoms with E-state index in [0.29, 0.717) is 10.0 Å². The molecule has 0 amide bonds. The molecule has 0 heterocycles. The first-order chi connectivity index (χ1) is 13.6. The van der Waals surface area contributed by atoms with Crippen LogP contribution < -0.4 is 4.72 Å². The van der Waals surface area contributed by atoms with Crippen LogP contribution in [0.1, 0.15) is 47.4 Å². The summed E-state index contributed by atoms with van der Waals surface area (Å²) in [6.45, 7) is 3.37.